The highest BCUT2D eigenvalue weighted by atomic mass is 35.5. The normalized spacial score (nSPS) is 11.8. The van der Waals surface area contributed by atoms with Crippen LogP contribution in [-0.4, -0.2) is 14.6 Å². The molecule has 0 fully saturated rings. The molecule has 0 spiro atoms. The van der Waals surface area contributed by atoms with Crippen molar-refractivity contribution in [2.75, 3.05) is 0 Å². The van der Waals surface area contributed by atoms with Gasteiger partial charge in [-0.25, -0.2) is 9.22 Å². The number of hydrazone groups is 1. The molecule has 0 heterocycles. The SMILES string of the molecule is Cc1ccc(C)c(S(=O)(=O)N/N=C\c2c(F)cccc2Cl)c1. The first-order valence-corrected chi connectivity index (χ1v) is 8.23. The highest BCUT2D eigenvalue weighted by molar-refractivity contribution is 7.89. The average Bonchev–Trinajstić information content (AvgIpc) is 2.44. The third kappa shape index (κ3) is 3.64. The molecule has 0 aliphatic carbocycles. The Kier molecular flexibility index (Phi) is 4.83. The molecule has 22 heavy (non-hydrogen) atoms. The van der Waals surface area contributed by atoms with Crippen molar-refractivity contribution in [3.8, 4) is 0 Å². The maximum absolute atomic E-state index is 13.6. The highest BCUT2D eigenvalue weighted by Crippen LogP contribution is 2.18. The van der Waals surface area contributed by atoms with Crippen LogP contribution in [0.25, 0.3) is 0 Å². The van der Waals surface area contributed by atoms with Crippen LogP contribution in [0, 0.1) is 19.7 Å². The second-order valence-electron chi connectivity index (χ2n) is 4.76. The molecular formula is C15H14ClFN2O2S. The first-order chi connectivity index (χ1) is 10.3. The van der Waals surface area contributed by atoms with Crippen molar-refractivity contribution in [1.29, 1.82) is 0 Å². The van der Waals surface area contributed by atoms with Gasteiger partial charge in [0.25, 0.3) is 10.0 Å². The molecule has 1 N–H and O–H groups in total. The van der Waals surface area contributed by atoms with Crippen LogP contribution in [0.3, 0.4) is 0 Å². The predicted octanol–water partition coefficient (Wildman–Crippen LogP) is 3.41. The average molecular weight is 341 g/mol. The molecule has 7 heteroatoms. The molecule has 2 aromatic rings. The fraction of sp³-hybridized carbons (Fsp3) is 0.133. The summed E-state index contributed by atoms with van der Waals surface area (Å²) in [5, 5.41) is 3.74. The number of halogens is 2. The molecule has 0 aromatic heterocycles. The fourth-order valence-electron chi connectivity index (χ4n) is 1.84. The molecule has 0 bridgehead atoms. The van der Waals surface area contributed by atoms with Crippen molar-refractivity contribution in [1.82, 2.24) is 4.83 Å². The molecule has 0 unspecified atom stereocenters. The molecule has 2 aromatic carbocycles. The van der Waals surface area contributed by atoms with Crippen LogP contribution in [-0.2, 0) is 10.0 Å². The summed E-state index contributed by atoms with van der Waals surface area (Å²) in [5.41, 5.74) is 1.43. The van der Waals surface area contributed by atoms with E-state index in [0.717, 1.165) is 11.8 Å². The number of sulfonamides is 1. The Morgan fingerprint density at radius 2 is 1.95 bits per heavy atom. The molecule has 0 saturated heterocycles. The largest absolute Gasteiger partial charge is 0.276 e. The lowest BCUT2D eigenvalue weighted by Gasteiger charge is -2.07. The van der Waals surface area contributed by atoms with Gasteiger partial charge in [-0.1, -0.05) is 29.8 Å². The van der Waals surface area contributed by atoms with Crippen LogP contribution >= 0.6 is 11.6 Å². The Labute approximate surface area is 133 Å². The Hall–Kier alpha value is -1.92. The summed E-state index contributed by atoms with van der Waals surface area (Å²) in [4.78, 5) is 2.19. The van der Waals surface area contributed by atoms with E-state index in [0.29, 0.717) is 5.56 Å². The van der Waals surface area contributed by atoms with Gasteiger partial charge in [0.05, 0.1) is 16.1 Å². The second-order valence-corrected chi connectivity index (χ2v) is 6.79. The zero-order chi connectivity index (χ0) is 16.3. The molecule has 0 atom stereocenters. The van der Waals surface area contributed by atoms with Crippen molar-refractivity contribution in [3.05, 3.63) is 63.9 Å². The van der Waals surface area contributed by atoms with Gasteiger partial charge < -0.3 is 0 Å². The first-order valence-electron chi connectivity index (χ1n) is 6.37. The van der Waals surface area contributed by atoms with Gasteiger partial charge in [0.1, 0.15) is 5.82 Å². The zero-order valence-electron chi connectivity index (χ0n) is 12.0. The Morgan fingerprint density at radius 3 is 2.64 bits per heavy atom. The third-order valence-electron chi connectivity index (χ3n) is 3.00. The second kappa shape index (κ2) is 6.46. The van der Waals surface area contributed by atoms with Crippen LogP contribution in [0.4, 0.5) is 4.39 Å². The van der Waals surface area contributed by atoms with Crippen molar-refractivity contribution >= 4 is 27.8 Å². The number of hydrogen-bond acceptors (Lipinski definition) is 3. The van der Waals surface area contributed by atoms with E-state index < -0.39 is 15.8 Å². The summed E-state index contributed by atoms with van der Waals surface area (Å²) >= 11 is 5.83. The quantitative estimate of drug-likeness (QED) is 0.685. The van der Waals surface area contributed by atoms with Gasteiger partial charge in [-0.3, -0.25) is 0 Å². The first kappa shape index (κ1) is 16.5. The number of nitrogens with one attached hydrogen (secondary N) is 1. The van der Waals surface area contributed by atoms with Crippen LogP contribution in [0.1, 0.15) is 16.7 Å². The lowest BCUT2D eigenvalue weighted by molar-refractivity contribution is 0.583. The zero-order valence-corrected chi connectivity index (χ0v) is 13.5. The molecular weight excluding hydrogens is 327 g/mol. The maximum Gasteiger partial charge on any atom is 0.276 e. The van der Waals surface area contributed by atoms with Gasteiger partial charge in [-0.05, 0) is 43.2 Å². The minimum atomic E-state index is -3.82. The van der Waals surface area contributed by atoms with E-state index >= 15 is 0 Å². The van der Waals surface area contributed by atoms with Gasteiger partial charge in [0, 0.05) is 5.56 Å². The maximum atomic E-state index is 13.6. The molecule has 2 rings (SSSR count). The monoisotopic (exact) mass is 340 g/mol. The van der Waals surface area contributed by atoms with Gasteiger partial charge >= 0.3 is 0 Å². The fourth-order valence-corrected chi connectivity index (χ4v) is 3.17. The number of rotatable bonds is 4. The summed E-state index contributed by atoms with van der Waals surface area (Å²) in [6, 6.07) is 9.23. The van der Waals surface area contributed by atoms with Crippen LogP contribution in [0.2, 0.25) is 5.02 Å². The molecule has 0 aliphatic rings. The van der Waals surface area contributed by atoms with Crippen molar-refractivity contribution in [3.63, 3.8) is 0 Å². The number of aryl methyl sites for hydroxylation is 2. The number of nitrogens with zero attached hydrogens (tertiary/aromatic N) is 1. The standard InChI is InChI=1S/C15H14ClFN2O2S/c1-10-6-7-11(2)15(8-10)22(20,21)19-18-9-12-13(16)4-3-5-14(12)17/h3-9,19H,1-2H3/b18-9-. The van der Waals surface area contributed by atoms with Gasteiger partial charge in [-0.2, -0.15) is 13.5 Å². The van der Waals surface area contributed by atoms with Crippen molar-refractivity contribution in [2.24, 2.45) is 5.10 Å². The smallest absolute Gasteiger partial charge is 0.206 e. The number of hydrogen-bond donors (Lipinski definition) is 1. The summed E-state index contributed by atoms with van der Waals surface area (Å²) in [6.45, 7) is 3.48. The molecule has 4 nitrogen and oxygen atoms in total. The topological polar surface area (TPSA) is 58.5 Å². The van der Waals surface area contributed by atoms with E-state index in [2.05, 4.69) is 9.93 Å². The van der Waals surface area contributed by atoms with E-state index in [-0.39, 0.29) is 15.5 Å². The van der Waals surface area contributed by atoms with Crippen molar-refractivity contribution < 1.29 is 12.8 Å². The summed E-state index contributed by atoms with van der Waals surface area (Å²) in [7, 11) is -3.82. The van der Waals surface area contributed by atoms with E-state index in [1.54, 1.807) is 26.0 Å². The Bertz CT molecular complexity index is 815. The van der Waals surface area contributed by atoms with Crippen LogP contribution < -0.4 is 4.83 Å². The lowest BCUT2D eigenvalue weighted by atomic mass is 10.2. The predicted molar refractivity (Wildman–Crippen MR) is 85.2 cm³/mol. The minimum Gasteiger partial charge on any atom is -0.206 e. The van der Waals surface area contributed by atoms with Crippen LogP contribution in [0.5, 0.6) is 0 Å². The lowest BCUT2D eigenvalue weighted by Crippen LogP contribution is -2.19. The van der Waals surface area contributed by atoms with Gasteiger partial charge in [-0.15, -0.1) is 0 Å². The van der Waals surface area contributed by atoms with Gasteiger partial charge in [0.15, 0.2) is 0 Å². The Morgan fingerprint density at radius 1 is 1.23 bits per heavy atom. The summed E-state index contributed by atoms with van der Waals surface area (Å²) in [6.07, 6.45) is 1.04. The third-order valence-corrected chi connectivity index (χ3v) is 4.69. The molecule has 0 aliphatic heterocycles. The van der Waals surface area contributed by atoms with E-state index in [1.165, 1.54) is 18.2 Å². The van der Waals surface area contributed by atoms with Crippen molar-refractivity contribution in [2.45, 2.75) is 18.7 Å². The Balaban J connectivity index is 2.27. The number of benzene rings is 2. The van der Waals surface area contributed by atoms with Gasteiger partial charge in [0.2, 0.25) is 0 Å². The molecule has 0 radical (unpaired) electrons. The summed E-state index contributed by atoms with van der Waals surface area (Å²) in [5.74, 6) is -0.581. The van der Waals surface area contributed by atoms with E-state index in [1.807, 2.05) is 6.07 Å². The minimum absolute atomic E-state index is 0.0211. The highest BCUT2D eigenvalue weighted by Gasteiger charge is 2.16. The van der Waals surface area contributed by atoms with E-state index in [9.17, 15) is 12.8 Å². The van der Waals surface area contributed by atoms with Crippen LogP contribution in [0.15, 0.2) is 46.4 Å². The molecule has 0 amide bonds. The van der Waals surface area contributed by atoms with E-state index in [4.69, 9.17) is 11.6 Å². The summed E-state index contributed by atoms with van der Waals surface area (Å²) < 4.78 is 38.0. The molecule has 116 valence electrons. The molecule has 0 saturated carbocycles.